The van der Waals surface area contributed by atoms with Crippen molar-refractivity contribution in [2.24, 2.45) is 5.92 Å². The van der Waals surface area contributed by atoms with Crippen LogP contribution in [0.2, 0.25) is 0 Å². The van der Waals surface area contributed by atoms with Gasteiger partial charge < -0.3 is 10.4 Å². The first-order valence-corrected chi connectivity index (χ1v) is 7.69. The highest BCUT2D eigenvalue weighted by Crippen LogP contribution is 2.23. The molecule has 2 unspecified atom stereocenters. The summed E-state index contributed by atoms with van der Waals surface area (Å²) in [6.07, 6.45) is 5.49. The maximum Gasteiger partial charge on any atom is 0.308 e. The second kappa shape index (κ2) is 7.25. The van der Waals surface area contributed by atoms with Gasteiger partial charge in [0.25, 0.3) is 5.91 Å². The number of hydrogen-bond acceptors (Lipinski definition) is 2. The number of benzene rings is 1. The van der Waals surface area contributed by atoms with E-state index in [9.17, 15) is 14.7 Å². The van der Waals surface area contributed by atoms with Gasteiger partial charge in [0.1, 0.15) is 0 Å². The molecule has 1 aromatic carbocycles. The molecule has 1 aliphatic rings. The minimum absolute atomic E-state index is 0.162. The van der Waals surface area contributed by atoms with Gasteiger partial charge in [-0.1, -0.05) is 43.9 Å². The summed E-state index contributed by atoms with van der Waals surface area (Å²) in [5.74, 6) is -1.44. The van der Waals surface area contributed by atoms with E-state index in [2.05, 4.69) is 5.32 Å². The van der Waals surface area contributed by atoms with Gasteiger partial charge in [0.15, 0.2) is 0 Å². The van der Waals surface area contributed by atoms with Crippen molar-refractivity contribution in [1.29, 1.82) is 0 Å². The molecule has 1 aliphatic carbocycles. The van der Waals surface area contributed by atoms with E-state index in [0.717, 1.165) is 37.7 Å². The van der Waals surface area contributed by atoms with Crippen molar-refractivity contribution in [2.75, 3.05) is 0 Å². The van der Waals surface area contributed by atoms with E-state index in [1.807, 2.05) is 25.1 Å². The minimum Gasteiger partial charge on any atom is -0.481 e. The number of hydrogen-bond donors (Lipinski definition) is 2. The molecule has 4 heteroatoms. The van der Waals surface area contributed by atoms with Crippen LogP contribution < -0.4 is 5.32 Å². The summed E-state index contributed by atoms with van der Waals surface area (Å²) in [4.78, 5) is 23.9. The highest BCUT2D eigenvalue weighted by Gasteiger charge is 2.30. The van der Waals surface area contributed by atoms with E-state index in [4.69, 9.17) is 0 Å². The zero-order valence-electron chi connectivity index (χ0n) is 12.5. The standard InChI is InChI=1S/C17H23NO3/c1-12-8-6-7-9-13(12)16(19)18-15-11-5-3-2-4-10-14(15)17(20)21/h6-9,14-15H,2-5,10-11H2,1H3,(H,18,19)(H,20,21). The summed E-state index contributed by atoms with van der Waals surface area (Å²) in [5, 5.41) is 12.4. The maximum absolute atomic E-state index is 12.4. The molecule has 0 saturated heterocycles. The Labute approximate surface area is 125 Å². The fourth-order valence-electron chi connectivity index (χ4n) is 3.03. The average molecular weight is 289 g/mol. The van der Waals surface area contributed by atoms with Crippen LogP contribution in [0.15, 0.2) is 24.3 Å². The van der Waals surface area contributed by atoms with E-state index in [1.165, 1.54) is 0 Å². The van der Waals surface area contributed by atoms with Crippen LogP contribution in [0.5, 0.6) is 0 Å². The highest BCUT2D eigenvalue weighted by atomic mass is 16.4. The summed E-state index contributed by atoms with van der Waals surface area (Å²) in [5.41, 5.74) is 1.54. The van der Waals surface area contributed by atoms with Crippen LogP contribution in [-0.4, -0.2) is 23.0 Å². The van der Waals surface area contributed by atoms with Gasteiger partial charge in [-0.2, -0.15) is 0 Å². The molecule has 114 valence electrons. The predicted octanol–water partition coefficient (Wildman–Crippen LogP) is 3.15. The van der Waals surface area contributed by atoms with Crippen LogP contribution >= 0.6 is 0 Å². The molecule has 0 radical (unpaired) electrons. The predicted molar refractivity (Wildman–Crippen MR) is 81.3 cm³/mol. The highest BCUT2D eigenvalue weighted by molar-refractivity contribution is 5.96. The zero-order chi connectivity index (χ0) is 15.2. The number of aliphatic carboxylic acids is 1. The van der Waals surface area contributed by atoms with Crippen LogP contribution in [0.3, 0.4) is 0 Å². The average Bonchev–Trinajstić information content (AvgIpc) is 2.41. The third-order valence-electron chi connectivity index (χ3n) is 4.29. The molecule has 1 aromatic rings. The van der Waals surface area contributed by atoms with Gasteiger partial charge in [-0.15, -0.1) is 0 Å². The second-order valence-electron chi connectivity index (χ2n) is 5.83. The quantitative estimate of drug-likeness (QED) is 0.898. The summed E-state index contributed by atoms with van der Waals surface area (Å²) >= 11 is 0. The monoisotopic (exact) mass is 289 g/mol. The third kappa shape index (κ3) is 4.06. The topological polar surface area (TPSA) is 66.4 Å². The second-order valence-corrected chi connectivity index (χ2v) is 5.83. The van der Waals surface area contributed by atoms with E-state index < -0.39 is 11.9 Å². The molecule has 4 nitrogen and oxygen atoms in total. The lowest BCUT2D eigenvalue weighted by Crippen LogP contribution is -2.44. The summed E-state index contributed by atoms with van der Waals surface area (Å²) < 4.78 is 0. The van der Waals surface area contributed by atoms with Gasteiger partial charge >= 0.3 is 5.97 Å². The number of carboxylic acids is 1. The van der Waals surface area contributed by atoms with E-state index in [-0.39, 0.29) is 11.9 Å². The molecule has 0 spiro atoms. The van der Waals surface area contributed by atoms with Crippen LogP contribution in [0, 0.1) is 12.8 Å². The Hall–Kier alpha value is -1.84. The van der Waals surface area contributed by atoms with E-state index in [0.29, 0.717) is 12.0 Å². The number of amides is 1. The van der Waals surface area contributed by atoms with Crippen molar-refractivity contribution in [3.05, 3.63) is 35.4 Å². The zero-order valence-corrected chi connectivity index (χ0v) is 12.5. The third-order valence-corrected chi connectivity index (χ3v) is 4.29. The molecule has 1 amide bonds. The van der Waals surface area contributed by atoms with E-state index in [1.54, 1.807) is 6.07 Å². The Bertz CT molecular complexity index is 513. The van der Waals surface area contributed by atoms with Crippen molar-refractivity contribution in [3.63, 3.8) is 0 Å². The van der Waals surface area contributed by atoms with Crippen molar-refractivity contribution in [1.82, 2.24) is 5.32 Å². The SMILES string of the molecule is Cc1ccccc1C(=O)NC1CCCCCCC1C(=O)O. The smallest absolute Gasteiger partial charge is 0.308 e. The number of rotatable bonds is 3. The number of aryl methyl sites for hydroxylation is 1. The van der Waals surface area contributed by atoms with Gasteiger partial charge in [0.05, 0.1) is 5.92 Å². The van der Waals surface area contributed by atoms with Gasteiger partial charge in [0, 0.05) is 11.6 Å². The van der Waals surface area contributed by atoms with Crippen molar-refractivity contribution in [2.45, 2.75) is 51.5 Å². The van der Waals surface area contributed by atoms with Gasteiger partial charge in [-0.3, -0.25) is 9.59 Å². The van der Waals surface area contributed by atoms with Crippen LogP contribution in [0.4, 0.5) is 0 Å². The van der Waals surface area contributed by atoms with Gasteiger partial charge in [-0.25, -0.2) is 0 Å². The Balaban J connectivity index is 2.12. The Kier molecular flexibility index (Phi) is 5.37. The molecular formula is C17H23NO3. The molecule has 1 fully saturated rings. The van der Waals surface area contributed by atoms with Crippen LogP contribution in [-0.2, 0) is 4.79 Å². The molecule has 0 aliphatic heterocycles. The van der Waals surface area contributed by atoms with Crippen molar-refractivity contribution < 1.29 is 14.7 Å². The lowest BCUT2D eigenvalue weighted by atomic mass is 9.86. The fraction of sp³-hybridized carbons (Fsp3) is 0.529. The van der Waals surface area contributed by atoms with Gasteiger partial charge in [-0.05, 0) is 31.4 Å². The molecule has 1 saturated carbocycles. The van der Waals surface area contributed by atoms with Crippen LogP contribution in [0.1, 0.15) is 54.4 Å². The first-order valence-electron chi connectivity index (χ1n) is 7.69. The lowest BCUT2D eigenvalue weighted by Gasteiger charge is -2.27. The molecule has 2 N–H and O–H groups in total. The fourth-order valence-corrected chi connectivity index (χ4v) is 3.03. The van der Waals surface area contributed by atoms with Crippen LogP contribution in [0.25, 0.3) is 0 Å². The van der Waals surface area contributed by atoms with Crippen molar-refractivity contribution in [3.8, 4) is 0 Å². The normalized spacial score (nSPS) is 22.9. The number of carboxylic acid groups (broad SMARTS) is 1. The summed E-state index contributed by atoms with van der Waals surface area (Å²) in [6, 6.07) is 7.12. The Morgan fingerprint density at radius 1 is 1.10 bits per heavy atom. The molecule has 21 heavy (non-hydrogen) atoms. The van der Waals surface area contributed by atoms with E-state index >= 15 is 0 Å². The minimum atomic E-state index is -0.799. The number of carbonyl (C=O) groups excluding carboxylic acids is 1. The summed E-state index contributed by atoms with van der Waals surface area (Å²) in [6.45, 7) is 1.89. The summed E-state index contributed by atoms with van der Waals surface area (Å²) in [7, 11) is 0. The Morgan fingerprint density at radius 3 is 2.43 bits per heavy atom. The molecular weight excluding hydrogens is 266 g/mol. The maximum atomic E-state index is 12.4. The largest absolute Gasteiger partial charge is 0.481 e. The molecule has 2 atom stereocenters. The molecule has 0 aromatic heterocycles. The molecule has 0 bridgehead atoms. The molecule has 2 rings (SSSR count). The Morgan fingerprint density at radius 2 is 1.76 bits per heavy atom. The molecule has 0 heterocycles. The lowest BCUT2D eigenvalue weighted by molar-refractivity contribution is -0.143. The number of nitrogens with one attached hydrogen (secondary N) is 1. The number of carbonyl (C=O) groups is 2. The first kappa shape index (κ1) is 15.5. The van der Waals surface area contributed by atoms with Gasteiger partial charge in [0.2, 0.25) is 0 Å². The van der Waals surface area contributed by atoms with Crippen molar-refractivity contribution >= 4 is 11.9 Å². The first-order chi connectivity index (χ1) is 10.1.